The minimum atomic E-state index is -8.44. The summed E-state index contributed by atoms with van der Waals surface area (Å²) in [5.41, 5.74) is -4.55. The maximum absolute atomic E-state index is 14.7. The van der Waals surface area contributed by atoms with Crippen molar-refractivity contribution < 1.29 is 124 Å². The Morgan fingerprint density at radius 1 is 0.463 bits per heavy atom. The van der Waals surface area contributed by atoms with Gasteiger partial charge in [-0.25, -0.2) is 4.79 Å². The molecule has 1 aliphatic heterocycles. The highest BCUT2D eigenvalue weighted by Gasteiger charge is 2.92. The number of carbonyl (C=O) groups is 1. The number of carbonyl (C=O) groups excluding carboxylic acids is 1. The molecule has 1 N–H and O–H groups in total. The molecule has 1 aromatic carbocycles. The fraction of sp³-hybridized carbons (Fsp3) is 0.720. The number of benzene rings is 1. The van der Waals surface area contributed by atoms with Crippen molar-refractivity contribution in [3.05, 3.63) is 35.9 Å². The van der Waals surface area contributed by atoms with Crippen LogP contribution in [0.3, 0.4) is 0 Å². The normalized spacial score (nSPS) is 19.1. The van der Waals surface area contributed by atoms with Crippen LogP contribution in [0, 0.1) is 0 Å². The molecule has 0 aliphatic carbocycles. The molecule has 1 fully saturated rings. The standard InChI is InChI=1S/C25H15F26NO2/c26-14(27,16(30,31)18(34,35)20(38,39)22(42,43)24(46,47)48)8-6-13(11(52-12(53)54-13)10-4-2-1-3-5-10)7-9-15(28,29)17(32,33)19(36,37)21(40,41)23(44,45)25(49,50)51/h1-5,11H,6-9H2,(H,52,53)/t11-/m1/s1. The van der Waals surface area contributed by atoms with Crippen molar-refractivity contribution in [3.8, 4) is 0 Å². The predicted molar refractivity (Wildman–Crippen MR) is 122 cm³/mol. The number of cyclic esters (lactones) is 1. The van der Waals surface area contributed by atoms with Gasteiger partial charge in [0, 0.05) is 12.8 Å². The first-order valence-electron chi connectivity index (χ1n) is 13.5. The van der Waals surface area contributed by atoms with Crippen molar-refractivity contribution in [2.45, 2.75) is 109 Å². The molecular weight excluding hydrogens is 840 g/mol. The van der Waals surface area contributed by atoms with Gasteiger partial charge in [-0.3, -0.25) is 0 Å². The Kier molecular flexibility index (Phi) is 11.4. The molecule has 29 heteroatoms. The van der Waals surface area contributed by atoms with Gasteiger partial charge < -0.3 is 10.1 Å². The van der Waals surface area contributed by atoms with E-state index >= 15 is 0 Å². The van der Waals surface area contributed by atoms with Crippen LogP contribution in [0.2, 0.25) is 0 Å². The van der Waals surface area contributed by atoms with Gasteiger partial charge in [0.25, 0.3) is 0 Å². The van der Waals surface area contributed by atoms with E-state index < -0.39 is 121 Å². The van der Waals surface area contributed by atoms with E-state index in [9.17, 15) is 119 Å². The van der Waals surface area contributed by atoms with Gasteiger partial charge in [0.05, 0.1) is 6.04 Å². The number of halogens is 26. The zero-order chi connectivity index (χ0) is 43.0. The van der Waals surface area contributed by atoms with Crippen LogP contribution in [0.4, 0.5) is 119 Å². The van der Waals surface area contributed by atoms with E-state index in [1.165, 1.54) is 5.32 Å². The van der Waals surface area contributed by atoms with E-state index in [1.54, 1.807) is 0 Å². The summed E-state index contributed by atoms with van der Waals surface area (Å²) in [6.07, 6.45) is -29.8. The summed E-state index contributed by atoms with van der Waals surface area (Å²) in [6, 6.07) is 1.54. The third kappa shape index (κ3) is 6.79. The summed E-state index contributed by atoms with van der Waals surface area (Å²) in [6.45, 7) is 0. The average Bonchev–Trinajstić information content (AvgIpc) is 3.33. The van der Waals surface area contributed by atoms with Crippen LogP contribution in [0.25, 0.3) is 0 Å². The number of alkyl carbamates (subject to hydrolysis) is 1. The van der Waals surface area contributed by atoms with E-state index in [1.807, 2.05) is 0 Å². The molecule has 54 heavy (non-hydrogen) atoms. The molecule has 314 valence electrons. The Hall–Kier alpha value is -3.33. The number of alkyl halides is 26. The maximum Gasteiger partial charge on any atom is 0.460 e. The number of ether oxygens (including phenoxy) is 1. The molecule has 0 spiro atoms. The second kappa shape index (κ2) is 13.1. The SMILES string of the molecule is O=C1N[C@H](c2ccccc2)C(CCC(F)(F)C(F)(F)C(F)(F)C(F)(F)C(F)(F)C(F)(F)F)(CCC(F)(F)C(F)(F)C(F)(F)C(F)(F)C(F)(F)C(F)(F)F)O1. The number of hydrogen-bond donors (Lipinski definition) is 1. The zero-order valence-corrected chi connectivity index (χ0v) is 24.9. The van der Waals surface area contributed by atoms with Crippen LogP contribution < -0.4 is 5.32 Å². The molecule has 1 saturated heterocycles. The molecule has 0 radical (unpaired) electrons. The number of rotatable bonds is 15. The second-order valence-electron chi connectivity index (χ2n) is 11.4. The van der Waals surface area contributed by atoms with Crippen molar-refractivity contribution in [2.24, 2.45) is 0 Å². The molecule has 1 aliphatic rings. The Bertz CT molecular complexity index is 1420. The molecule has 0 aromatic heterocycles. The van der Waals surface area contributed by atoms with E-state index in [0.717, 1.165) is 18.2 Å². The van der Waals surface area contributed by atoms with Crippen molar-refractivity contribution in [1.29, 1.82) is 0 Å². The molecule has 1 amide bonds. The molecule has 1 atom stereocenters. The lowest BCUT2D eigenvalue weighted by molar-refractivity contribution is -0.440. The quantitative estimate of drug-likeness (QED) is 0.179. The molecular formula is C25H15F26NO2. The smallest absolute Gasteiger partial charge is 0.440 e. The van der Waals surface area contributed by atoms with E-state index in [-0.39, 0.29) is 0 Å². The maximum atomic E-state index is 14.7. The monoisotopic (exact) mass is 855 g/mol. The lowest BCUT2D eigenvalue weighted by Crippen LogP contribution is -2.70. The molecule has 0 saturated carbocycles. The Labute approximate surface area is 280 Å². The summed E-state index contributed by atoms with van der Waals surface area (Å²) in [7, 11) is 0. The van der Waals surface area contributed by atoms with Gasteiger partial charge >= 0.3 is 77.7 Å². The first kappa shape index (κ1) is 46.8. The molecule has 0 unspecified atom stereocenters. The fourth-order valence-electron chi connectivity index (χ4n) is 4.73. The number of nitrogens with one attached hydrogen (secondary N) is 1. The van der Waals surface area contributed by atoms with Crippen molar-refractivity contribution in [1.82, 2.24) is 5.32 Å². The lowest BCUT2D eigenvalue weighted by atomic mass is 9.78. The van der Waals surface area contributed by atoms with E-state index in [0.29, 0.717) is 12.1 Å². The summed E-state index contributed by atoms with van der Waals surface area (Å²) >= 11 is 0. The first-order valence-corrected chi connectivity index (χ1v) is 13.5. The van der Waals surface area contributed by atoms with Crippen molar-refractivity contribution >= 4 is 6.09 Å². The molecule has 0 bridgehead atoms. The van der Waals surface area contributed by atoms with Crippen LogP contribution in [0.1, 0.15) is 37.3 Å². The summed E-state index contributed by atoms with van der Waals surface area (Å²) < 4.78 is 358. The van der Waals surface area contributed by atoms with Crippen LogP contribution in [-0.4, -0.2) is 83.3 Å². The van der Waals surface area contributed by atoms with Crippen molar-refractivity contribution in [2.75, 3.05) is 0 Å². The van der Waals surface area contributed by atoms with E-state index in [4.69, 9.17) is 0 Å². The zero-order valence-electron chi connectivity index (χ0n) is 24.9. The highest BCUT2D eigenvalue weighted by Crippen LogP contribution is 2.63. The van der Waals surface area contributed by atoms with Crippen LogP contribution in [-0.2, 0) is 4.74 Å². The van der Waals surface area contributed by atoms with Gasteiger partial charge in [0.15, 0.2) is 0 Å². The van der Waals surface area contributed by atoms with Gasteiger partial charge in [0.1, 0.15) is 5.60 Å². The molecule has 2 rings (SSSR count). The third-order valence-electron chi connectivity index (χ3n) is 7.94. The Morgan fingerprint density at radius 3 is 1.06 bits per heavy atom. The molecule has 1 heterocycles. The average molecular weight is 855 g/mol. The van der Waals surface area contributed by atoms with E-state index in [2.05, 4.69) is 4.74 Å². The van der Waals surface area contributed by atoms with Gasteiger partial charge in [-0.05, 0) is 18.4 Å². The lowest BCUT2D eigenvalue weighted by Gasteiger charge is -2.42. The second-order valence-corrected chi connectivity index (χ2v) is 11.4. The highest BCUT2D eigenvalue weighted by atomic mass is 19.4. The predicted octanol–water partition coefficient (Wildman–Crippen LogP) is 11.2. The van der Waals surface area contributed by atoms with Crippen LogP contribution in [0.5, 0.6) is 0 Å². The Balaban J connectivity index is 2.68. The van der Waals surface area contributed by atoms with Gasteiger partial charge in [-0.2, -0.15) is 114 Å². The summed E-state index contributed by atoms with van der Waals surface area (Å²) in [4.78, 5) is 12.1. The molecule has 1 aromatic rings. The number of hydrogen-bond acceptors (Lipinski definition) is 2. The summed E-state index contributed by atoms with van der Waals surface area (Å²) in [5, 5.41) is 1.48. The highest BCUT2D eigenvalue weighted by molar-refractivity contribution is 5.71. The largest absolute Gasteiger partial charge is 0.460 e. The van der Waals surface area contributed by atoms with Crippen molar-refractivity contribution in [3.63, 3.8) is 0 Å². The fourth-order valence-corrected chi connectivity index (χ4v) is 4.73. The minimum absolute atomic E-state index is 0.676. The number of amides is 1. The van der Waals surface area contributed by atoms with Gasteiger partial charge in [-0.15, -0.1) is 0 Å². The topological polar surface area (TPSA) is 38.3 Å². The van der Waals surface area contributed by atoms with Gasteiger partial charge in [0.2, 0.25) is 0 Å². The summed E-state index contributed by atoms with van der Waals surface area (Å²) in [5.74, 6) is -80.4. The minimum Gasteiger partial charge on any atom is -0.440 e. The third-order valence-corrected chi connectivity index (χ3v) is 7.94. The Morgan fingerprint density at radius 2 is 0.759 bits per heavy atom. The molecule has 3 nitrogen and oxygen atoms in total. The van der Waals surface area contributed by atoms with Crippen LogP contribution in [0.15, 0.2) is 30.3 Å². The van der Waals surface area contributed by atoms with Crippen LogP contribution >= 0.6 is 0 Å². The first-order chi connectivity index (χ1) is 23.5. The van der Waals surface area contributed by atoms with Gasteiger partial charge in [-0.1, -0.05) is 30.3 Å².